The van der Waals surface area contributed by atoms with E-state index in [4.69, 9.17) is 4.74 Å². The second-order valence-corrected chi connectivity index (χ2v) is 12.3. The molecule has 3 aliphatic heterocycles. The van der Waals surface area contributed by atoms with Crippen LogP contribution in [0.4, 0.5) is 31.0 Å². The second-order valence-electron chi connectivity index (χ2n) is 12.3. The maximum absolute atomic E-state index is 13.1. The SMILES string of the molecule is CCOC(=O)c1cnc(N2CCCCC2)nc1C(F)(F)F.CCOC(=O)c1cnc(N2CCCCC2)nc1CO.c1cnc(N2CCCCC2)nc1. The number of aromatic nitrogens is 6. The normalized spacial score (nSPS) is 16.2. The third-order valence-corrected chi connectivity index (χ3v) is 8.51. The predicted octanol–water partition coefficient (Wildman–Crippen LogP) is 5.27. The fourth-order valence-corrected chi connectivity index (χ4v) is 5.89. The lowest BCUT2D eigenvalue weighted by Crippen LogP contribution is -2.32. The summed E-state index contributed by atoms with van der Waals surface area (Å²) in [6.07, 6.45) is 11.4. The largest absolute Gasteiger partial charge is 0.462 e. The number of halogens is 3. The van der Waals surface area contributed by atoms with Gasteiger partial charge in [0.1, 0.15) is 11.1 Å². The van der Waals surface area contributed by atoms with E-state index in [0.717, 1.165) is 70.4 Å². The predicted molar refractivity (Wildman–Crippen MR) is 187 cm³/mol. The highest BCUT2D eigenvalue weighted by Crippen LogP contribution is 2.32. The van der Waals surface area contributed by atoms with Gasteiger partial charge in [0.05, 0.1) is 25.5 Å². The maximum Gasteiger partial charge on any atom is 0.434 e. The Morgan fingerprint density at radius 1 is 0.654 bits per heavy atom. The molecule has 3 aliphatic rings. The van der Waals surface area contributed by atoms with Gasteiger partial charge in [-0.05, 0) is 77.7 Å². The zero-order valence-corrected chi connectivity index (χ0v) is 29.9. The number of aliphatic hydroxyl groups is 1. The fourth-order valence-electron chi connectivity index (χ4n) is 5.89. The van der Waals surface area contributed by atoms with Crippen LogP contribution in [0.3, 0.4) is 0 Å². The molecule has 6 rings (SSSR count). The summed E-state index contributed by atoms with van der Waals surface area (Å²) in [6.45, 7) is 8.56. The van der Waals surface area contributed by atoms with Gasteiger partial charge in [-0.15, -0.1) is 0 Å². The van der Waals surface area contributed by atoms with Gasteiger partial charge < -0.3 is 29.3 Å². The Hall–Kier alpha value is -4.67. The van der Waals surface area contributed by atoms with Crippen LogP contribution >= 0.6 is 0 Å². The number of nitrogens with zero attached hydrogens (tertiary/aromatic N) is 9. The lowest BCUT2D eigenvalue weighted by Gasteiger charge is -2.27. The summed E-state index contributed by atoms with van der Waals surface area (Å²) in [5.74, 6) is -0.0733. The van der Waals surface area contributed by atoms with Gasteiger partial charge >= 0.3 is 18.1 Å². The minimum absolute atomic E-state index is 0.00933. The molecular weight excluding hydrogens is 683 g/mol. The van der Waals surface area contributed by atoms with E-state index in [1.54, 1.807) is 24.2 Å². The molecule has 3 saturated heterocycles. The molecule has 3 aromatic heterocycles. The molecule has 0 aromatic carbocycles. The second kappa shape index (κ2) is 20.4. The summed E-state index contributed by atoms with van der Waals surface area (Å²) < 4.78 is 48.8. The molecule has 52 heavy (non-hydrogen) atoms. The molecule has 14 nitrogen and oxygen atoms in total. The smallest absolute Gasteiger partial charge is 0.434 e. The molecule has 0 bridgehead atoms. The van der Waals surface area contributed by atoms with Gasteiger partial charge in [-0.3, -0.25) is 0 Å². The van der Waals surface area contributed by atoms with Crippen molar-refractivity contribution in [3.63, 3.8) is 0 Å². The van der Waals surface area contributed by atoms with E-state index in [1.165, 1.54) is 38.8 Å². The Kier molecular flexibility index (Phi) is 15.7. The van der Waals surface area contributed by atoms with Crippen LogP contribution in [-0.2, 0) is 22.3 Å². The number of aliphatic hydroxyl groups excluding tert-OH is 1. The average molecular weight is 732 g/mol. The van der Waals surface area contributed by atoms with Gasteiger partial charge in [0.2, 0.25) is 17.8 Å². The molecule has 0 unspecified atom stereocenters. The summed E-state index contributed by atoms with van der Waals surface area (Å²) in [5.41, 5.74) is -1.32. The number of esters is 2. The molecule has 0 radical (unpaired) electrons. The number of alkyl halides is 3. The lowest BCUT2D eigenvalue weighted by atomic mass is 10.1. The highest BCUT2D eigenvalue weighted by atomic mass is 19.4. The van der Waals surface area contributed by atoms with Gasteiger partial charge in [0, 0.05) is 64.1 Å². The molecule has 284 valence electrons. The Labute approximate surface area is 301 Å². The number of piperidine rings is 3. The van der Waals surface area contributed by atoms with Crippen LogP contribution < -0.4 is 14.7 Å². The summed E-state index contributed by atoms with van der Waals surface area (Å²) in [5, 5.41) is 9.34. The molecule has 0 amide bonds. The van der Waals surface area contributed by atoms with Crippen molar-refractivity contribution in [2.75, 3.05) is 67.2 Å². The highest BCUT2D eigenvalue weighted by Gasteiger charge is 2.39. The molecule has 6 heterocycles. The molecule has 0 atom stereocenters. The number of rotatable bonds is 8. The standard InChI is InChI=1S/C13H16F3N3O2.C13H19N3O3.C9H13N3/c1-2-21-11(20)9-8-17-12(18-10(9)13(14,15)16)19-6-4-3-5-7-19;1-2-19-12(18)10-8-14-13(15-11(10)9-17)16-6-4-3-5-7-16;1-2-7-12(8-3-1)9-10-5-4-6-11-9/h8H,2-7H2,1H3;8,17H,2-7,9H2,1H3;4-6H,1-3,7-8H2. The quantitative estimate of drug-likeness (QED) is 0.299. The van der Waals surface area contributed by atoms with E-state index >= 15 is 0 Å². The van der Waals surface area contributed by atoms with Crippen LogP contribution in [0.1, 0.15) is 104 Å². The lowest BCUT2D eigenvalue weighted by molar-refractivity contribution is -0.141. The van der Waals surface area contributed by atoms with E-state index in [0.29, 0.717) is 24.7 Å². The molecule has 3 aromatic rings. The van der Waals surface area contributed by atoms with E-state index in [2.05, 4.69) is 44.4 Å². The van der Waals surface area contributed by atoms with Gasteiger partial charge in [-0.2, -0.15) is 13.2 Å². The number of hydrogen-bond donors (Lipinski definition) is 1. The van der Waals surface area contributed by atoms with Crippen molar-refractivity contribution in [3.8, 4) is 0 Å². The van der Waals surface area contributed by atoms with Crippen molar-refractivity contribution in [3.05, 3.63) is 53.4 Å². The number of ether oxygens (including phenoxy) is 2. The number of carbonyl (C=O) groups excluding carboxylic acids is 2. The third-order valence-electron chi connectivity index (χ3n) is 8.51. The van der Waals surface area contributed by atoms with Crippen molar-refractivity contribution < 1.29 is 37.3 Å². The van der Waals surface area contributed by atoms with Gasteiger partial charge in [-0.25, -0.2) is 39.5 Å². The first-order chi connectivity index (χ1) is 25.2. The van der Waals surface area contributed by atoms with Crippen LogP contribution in [0.5, 0.6) is 0 Å². The third kappa shape index (κ3) is 11.7. The van der Waals surface area contributed by atoms with Crippen molar-refractivity contribution >= 4 is 29.8 Å². The van der Waals surface area contributed by atoms with E-state index in [-0.39, 0.29) is 31.3 Å². The summed E-state index contributed by atoms with van der Waals surface area (Å²) in [7, 11) is 0. The number of anilines is 3. The number of hydrogen-bond acceptors (Lipinski definition) is 14. The first-order valence-electron chi connectivity index (χ1n) is 17.9. The van der Waals surface area contributed by atoms with Crippen molar-refractivity contribution in [1.29, 1.82) is 0 Å². The zero-order valence-electron chi connectivity index (χ0n) is 29.9. The monoisotopic (exact) mass is 731 g/mol. The molecular formula is C35H48F3N9O5. The first-order valence-corrected chi connectivity index (χ1v) is 17.9. The van der Waals surface area contributed by atoms with Crippen molar-refractivity contribution in [2.45, 2.75) is 84.4 Å². The van der Waals surface area contributed by atoms with Gasteiger partial charge in [0.25, 0.3) is 0 Å². The topological polar surface area (TPSA) is 160 Å². The van der Waals surface area contributed by atoms with Crippen molar-refractivity contribution in [2.24, 2.45) is 0 Å². The molecule has 0 saturated carbocycles. The van der Waals surface area contributed by atoms with Crippen LogP contribution in [0.15, 0.2) is 30.9 Å². The van der Waals surface area contributed by atoms with Crippen LogP contribution in [-0.4, -0.2) is 99.4 Å². The van der Waals surface area contributed by atoms with E-state index in [1.807, 2.05) is 6.07 Å². The average Bonchev–Trinajstić information content (AvgIpc) is 3.19. The van der Waals surface area contributed by atoms with E-state index in [9.17, 15) is 27.9 Å². The molecule has 1 N–H and O–H groups in total. The minimum Gasteiger partial charge on any atom is -0.462 e. The Morgan fingerprint density at radius 2 is 1.08 bits per heavy atom. The highest BCUT2D eigenvalue weighted by molar-refractivity contribution is 5.91. The van der Waals surface area contributed by atoms with Crippen LogP contribution in [0.2, 0.25) is 0 Å². The van der Waals surface area contributed by atoms with Gasteiger partial charge in [-0.1, -0.05) is 0 Å². The fraction of sp³-hybridized carbons (Fsp3) is 0.600. The Balaban J connectivity index is 0.000000180. The summed E-state index contributed by atoms with van der Waals surface area (Å²) in [4.78, 5) is 53.7. The zero-order chi connectivity index (χ0) is 37.3. The molecule has 0 aliphatic carbocycles. The Morgan fingerprint density at radius 3 is 1.52 bits per heavy atom. The Bertz CT molecular complexity index is 1550. The van der Waals surface area contributed by atoms with E-state index < -0.39 is 29.4 Å². The van der Waals surface area contributed by atoms with Crippen molar-refractivity contribution in [1.82, 2.24) is 29.9 Å². The number of carbonyl (C=O) groups is 2. The van der Waals surface area contributed by atoms with Crippen LogP contribution in [0, 0.1) is 0 Å². The summed E-state index contributed by atoms with van der Waals surface area (Å²) >= 11 is 0. The summed E-state index contributed by atoms with van der Waals surface area (Å²) in [6, 6.07) is 1.85. The molecule has 0 spiro atoms. The van der Waals surface area contributed by atoms with Gasteiger partial charge in [0.15, 0.2) is 5.69 Å². The minimum atomic E-state index is -4.73. The molecule has 17 heteroatoms. The molecule has 3 fully saturated rings. The maximum atomic E-state index is 13.1. The van der Waals surface area contributed by atoms with Crippen LogP contribution in [0.25, 0.3) is 0 Å². The first kappa shape index (κ1) is 40.1.